The molecule has 0 aromatic rings. The SMILES string of the molecule is CC(C)CN(C(=O)CCC(=O)O)C(C)C. The second-order valence-corrected chi connectivity index (χ2v) is 4.43. The lowest BCUT2D eigenvalue weighted by molar-refractivity contribution is -0.141. The molecular formula is C11H21NO3. The number of nitrogens with zero attached hydrogens (tertiary/aromatic N) is 1. The Labute approximate surface area is 91.3 Å². The van der Waals surface area contributed by atoms with Crippen LogP contribution in [-0.2, 0) is 9.59 Å². The van der Waals surface area contributed by atoms with Crippen molar-refractivity contribution in [1.29, 1.82) is 0 Å². The molecule has 1 N–H and O–H groups in total. The predicted octanol–water partition coefficient (Wildman–Crippen LogP) is 1.74. The number of aliphatic carboxylic acids is 1. The van der Waals surface area contributed by atoms with Gasteiger partial charge in [0.25, 0.3) is 0 Å². The Balaban J connectivity index is 4.23. The highest BCUT2D eigenvalue weighted by atomic mass is 16.4. The van der Waals surface area contributed by atoms with Gasteiger partial charge in [-0.25, -0.2) is 0 Å². The molecule has 0 aromatic heterocycles. The van der Waals surface area contributed by atoms with Crippen molar-refractivity contribution in [2.45, 2.75) is 46.6 Å². The van der Waals surface area contributed by atoms with Gasteiger partial charge < -0.3 is 10.0 Å². The largest absolute Gasteiger partial charge is 0.481 e. The van der Waals surface area contributed by atoms with Crippen LogP contribution in [-0.4, -0.2) is 34.5 Å². The van der Waals surface area contributed by atoms with Gasteiger partial charge >= 0.3 is 5.97 Å². The minimum atomic E-state index is -0.920. The number of carboxylic acid groups (broad SMARTS) is 1. The van der Waals surface area contributed by atoms with Gasteiger partial charge in [0.1, 0.15) is 0 Å². The number of hydrogen-bond acceptors (Lipinski definition) is 2. The van der Waals surface area contributed by atoms with Crippen LogP contribution in [0, 0.1) is 5.92 Å². The highest BCUT2D eigenvalue weighted by molar-refractivity contribution is 5.80. The Morgan fingerprint density at radius 3 is 2.00 bits per heavy atom. The highest BCUT2D eigenvalue weighted by Gasteiger charge is 2.18. The van der Waals surface area contributed by atoms with Crippen LogP contribution in [0.1, 0.15) is 40.5 Å². The minimum absolute atomic E-state index is 0.0684. The van der Waals surface area contributed by atoms with Crippen molar-refractivity contribution in [2.75, 3.05) is 6.54 Å². The molecule has 0 aliphatic rings. The summed E-state index contributed by atoms with van der Waals surface area (Å²) in [5.74, 6) is -0.584. The first-order chi connectivity index (χ1) is 6.84. The van der Waals surface area contributed by atoms with E-state index in [4.69, 9.17) is 5.11 Å². The molecule has 0 aliphatic carbocycles. The fraction of sp³-hybridized carbons (Fsp3) is 0.818. The van der Waals surface area contributed by atoms with Crippen molar-refractivity contribution in [2.24, 2.45) is 5.92 Å². The van der Waals surface area contributed by atoms with Crippen molar-refractivity contribution in [3.63, 3.8) is 0 Å². The zero-order chi connectivity index (χ0) is 12.0. The van der Waals surface area contributed by atoms with E-state index >= 15 is 0 Å². The summed E-state index contributed by atoms with van der Waals surface area (Å²) >= 11 is 0. The highest BCUT2D eigenvalue weighted by Crippen LogP contribution is 2.07. The van der Waals surface area contributed by atoms with Gasteiger partial charge in [-0.05, 0) is 19.8 Å². The fourth-order valence-corrected chi connectivity index (χ4v) is 1.35. The number of hydrogen-bond donors (Lipinski definition) is 1. The van der Waals surface area contributed by atoms with Crippen molar-refractivity contribution in [3.05, 3.63) is 0 Å². The van der Waals surface area contributed by atoms with E-state index in [1.807, 2.05) is 27.7 Å². The molecule has 0 spiro atoms. The third-order valence-corrected chi connectivity index (χ3v) is 2.06. The molecule has 4 heteroatoms. The van der Waals surface area contributed by atoms with Crippen LogP contribution < -0.4 is 0 Å². The summed E-state index contributed by atoms with van der Waals surface area (Å²) in [6, 6.07) is 0.133. The maximum absolute atomic E-state index is 11.7. The van der Waals surface area contributed by atoms with Crippen molar-refractivity contribution in [3.8, 4) is 0 Å². The zero-order valence-electron chi connectivity index (χ0n) is 9.99. The van der Waals surface area contributed by atoms with Crippen LogP contribution in [0.3, 0.4) is 0 Å². The second-order valence-electron chi connectivity index (χ2n) is 4.43. The van der Waals surface area contributed by atoms with Gasteiger partial charge in [0, 0.05) is 19.0 Å². The van der Waals surface area contributed by atoms with Crippen LogP contribution in [0.2, 0.25) is 0 Å². The first kappa shape index (κ1) is 13.9. The average molecular weight is 215 g/mol. The molecule has 0 heterocycles. The third-order valence-electron chi connectivity index (χ3n) is 2.06. The van der Waals surface area contributed by atoms with E-state index in [0.29, 0.717) is 12.5 Å². The van der Waals surface area contributed by atoms with E-state index in [9.17, 15) is 9.59 Å². The first-order valence-corrected chi connectivity index (χ1v) is 5.35. The first-order valence-electron chi connectivity index (χ1n) is 5.35. The molecule has 1 amide bonds. The molecule has 0 rings (SSSR count). The standard InChI is InChI=1S/C11H21NO3/c1-8(2)7-12(9(3)4)10(13)5-6-11(14)15/h8-9H,5-7H2,1-4H3,(H,14,15). The molecule has 0 aromatic carbocycles. The topological polar surface area (TPSA) is 57.6 Å². The molecule has 0 unspecified atom stereocenters. The minimum Gasteiger partial charge on any atom is -0.481 e. The summed E-state index contributed by atoms with van der Waals surface area (Å²) in [6.07, 6.45) is 0.0143. The van der Waals surface area contributed by atoms with E-state index in [1.54, 1.807) is 4.90 Å². The quantitative estimate of drug-likeness (QED) is 0.734. The van der Waals surface area contributed by atoms with E-state index in [-0.39, 0.29) is 24.8 Å². The molecule has 0 saturated carbocycles. The van der Waals surface area contributed by atoms with Crippen LogP contribution in [0.4, 0.5) is 0 Å². The maximum atomic E-state index is 11.7. The molecule has 0 radical (unpaired) electrons. The predicted molar refractivity (Wildman–Crippen MR) is 58.6 cm³/mol. The number of carbonyl (C=O) groups excluding carboxylic acids is 1. The van der Waals surface area contributed by atoms with E-state index in [1.165, 1.54) is 0 Å². The summed E-state index contributed by atoms with van der Waals surface area (Å²) < 4.78 is 0. The Morgan fingerprint density at radius 1 is 1.13 bits per heavy atom. The summed E-state index contributed by atoms with van der Waals surface area (Å²) in [6.45, 7) is 8.66. The smallest absolute Gasteiger partial charge is 0.303 e. The number of rotatable bonds is 6. The Kier molecular flexibility index (Phi) is 5.97. The average Bonchev–Trinajstić information content (AvgIpc) is 2.09. The molecule has 0 fully saturated rings. The van der Waals surface area contributed by atoms with Crippen LogP contribution >= 0.6 is 0 Å². The lowest BCUT2D eigenvalue weighted by atomic mass is 10.1. The van der Waals surface area contributed by atoms with Gasteiger partial charge in [-0.1, -0.05) is 13.8 Å². The molecule has 0 atom stereocenters. The Morgan fingerprint density at radius 2 is 1.67 bits per heavy atom. The second kappa shape index (κ2) is 6.43. The van der Waals surface area contributed by atoms with Crippen molar-refractivity contribution >= 4 is 11.9 Å². The molecular weight excluding hydrogens is 194 g/mol. The van der Waals surface area contributed by atoms with Gasteiger partial charge in [0.05, 0.1) is 6.42 Å². The normalized spacial score (nSPS) is 10.8. The summed E-state index contributed by atoms with van der Waals surface area (Å²) in [7, 11) is 0. The fourth-order valence-electron chi connectivity index (χ4n) is 1.35. The summed E-state index contributed by atoms with van der Waals surface area (Å²) in [5, 5.41) is 8.49. The molecule has 0 saturated heterocycles. The van der Waals surface area contributed by atoms with Crippen molar-refractivity contribution in [1.82, 2.24) is 4.90 Å². The third kappa shape index (κ3) is 6.10. The number of carbonyl (C=O) groups is 2. The summed E-state index contributed by atoms with van der Waals surface area (Å²) in [4.78, 5) is 23.8. The molecule has 15 heavy (non-hydrogen) atoms. The monoisotopic (exact) mass is 215 g/mol. The number of amides is 1. The van der Waals surface area contributed by atoms with Gasteiger partial charge in [-0.15, -0.1) is 0 Å². The lowest BCUT2D eigenvalue weighted by Gasteiger charge is -2.28. The lowest BCUT2D eigenvalue weighted by Crippen LogP contribution is -2.39. The number of carboxylic acids is 1. The van der Waals surface area contributed by atoms with E-state index in [0.717, 1.165) is 0 Å². The van der Waals surface area contributed by atoms with Crippen LogP contribution in [0.25, 0.3) is 0 Å². The molecule has 0 bridgehead atoms. The zero-order valence-corrected chi connectivity index (χ0v) is 9.99. The van der Waals surface area contributed by atoms with Crippen LogP contribution in [0.5, 0.6) is 0 Å². The molecule has 4 nitrogen and oxygen atoms in total. The van der Waals surface area contributed by atoms with E-state index < -0.39 is 5.97 Å². The molecule has 0 aliphatic heterocycles. The van der Waals surface area contributed by atoms with Gasteiger partial charge in [-0.2, -0.15) is 0 Å². The Bertz CT molecular complexity index is 224. The maximum Gasteiger partial charge on any atom is 0.303 e. The van der Waals surface area contributed by atoms with Gasteiger partial charge in [0.15, 0.2) is 0 Å². The van der Waals surface area contributed by atoms with E-state index in [2.05, 4.69) is 0 Å². The van der Waals surface area contributed by atoms with Crippen molar-refractivity contribution < 1.29 is 14.7 Å². The van der Waals surface area contributed by atoms with Crippen LogP contribution in [0.15, 0.2) is 0 Å². The van der Waals surface area contributed by atoms with Gasteiger partial charge in [-0.3, -0.25) is 9.59 Å². The Hall–Kier alpha value is -1.06. The molecule has 88 valence electrons. The summed E-state index contributed by atoms with van der Waals surface area (Å²) in [5.41, 5.74) is 0. The van der Waals surface area contributed by atoms with Gasteiger partial charge in [0.2, 0.25) is 5.91 Å².